The number of carbonyl (C=O) groups excluding carboxylic acids is 1. The summed E-state index contributed by atoms with van der Waals surface area (Å²) in [5, 5.41) is 5.06. The Morgan fingerprint density at radius 2 is 1.96 bits per heavy atom. The molecule has 28 heavy (non-hydrogen) atoms. The van der Waals surface area contributed by atoms with Crippen molar-refractivity contribution in [3.05, 3.63) is 72.6 Å². The van der Waals surface area contributed by atoms with Gasteiger partial charge in [0.15, 0.2) is 0 Å². The maximum absolute atomic E-state index is 11.3. The van der Waals surface area contributed by atoms with Gasteiger partial charge in [-0.25, -0.2) is 9.67 Å². The van der Waals surface area contributed by atoms with E-state index in [0.717, 1.165) is 11.1 Å². The van der Waals surface area contributed by atoms with Crippen LogP contribution < -0.4 is 15.2 Å². The highest BCUT2D eigenvalue weighted by atomic mass is 16.5. The van der Waals surface area contributed by atoms with Gasteiger partial charge in [-0.2, -0.15) is 5.10 Å². The molecule has 2 aromatic carbocycles. The summed E-state index contributed by atoms with van der Waals surface area (Å²) in [6, 6.07) is 16.1. The zero-order valence-electron chi connectivity index (χ0n) is 15.2. The summed E-state index contributed by atoms with van der Waals surface area (Å²) in [4.78, 5) is 15.8. The van der Waals surface area contributed by atoms with Gasteiger partial charge >= 0.3 is 0 Å². The number of ether oxygens (including phenoxy) is 2. The van der Waals surface area contributed by atoms with E-state index in [0.29, 0.717) is 35.1 Å². The summed E-state index contributed by atoms with van der Waals surface area (Å²) < 4.78 is 13.3. The van der Waals surface area contributed by atoms with Crippen LogP contribution in [0.1, 0.15) is 17.3 Å². The molecule has 2 heterocycles. The Hall–Kier alpha value is -3.87. The maximum atomic E-state index is 11.3. The van der Waals surface area contributed by atoms with Gasteiger partial charge in [-0.05, 0) is 37.3 Å². The second-order valence-electron chi connectivity index (χ2n) is 6.07. The highest BCUT2D eigenvalue weighted by molar-refractivity contribution is 5.96. The third-order valence-electron chi connectivity index (χ3n) is 4.12. The van der Waals surface area contributed by atoms with E-state index < -0.39 is 5.91 Å². The number of benzene rings is 2. The predicted molar refractivity (Wildman–Crippen MR) is 105 cm³/mol. The molecule has 0 aliphatic heterocycles. The number of aromatic nitrogens is 3. The molecule has 7 heteroatoms. The average molecular weight is 374 g/mol. The minimum atomic E-state index is -0.471. The smallest absolute Gasteiger partial charge is 0.248 e. The van der Waals surface area contributed by atoms with Crippen LogP contribution in [0.2, 0.25) is 0 Å². The highest BCUT2D eigenvalue weighted by Gasteiger charge is 2.09. The third-order valence-corrected chi connectivity index (χ3v) is 4.12. The molecule has 0 unspecified atom stereocenters. The normalized spacial score (nSPS) is 10.8. The van der Waals surface area contributed by atoms with Crippen LogP contribution in [0.3, 0.4) is 0 Å². The number of rotatable bonds is 6. The molecule has 0 saturated heterocycles. The summed E-state index contributed by atoms with van der Waals surface area (Å²) >= 11 is 0. The van der Waals surface area contributed by atoms with Gasteiger partial charge in [0.2, 0.25) is 11.8 Å². The molecule has 2 aromatic heterocycles. The van der Waals surface area contributed by atoms with Crippen molar-refractivity contribution < 1.29 is 14.3 Å². The van der Waals surface area contributed by atoms with Crippen molar-refractivity contribution in [2.24, 2.45) is 5.73 Å². The molecular formula is C21H18N4O3. The number of primary amides is 1. The number of nitrogens with two attached hydrogens (primary N) is 1. The van der Waals surface area contributed by atoms with Crippen LogP contribution in [0.15, 0.2) is 67.0 Å². The van der Waals surface area contributed by atoms with E-state index in [1.165, 1.54) is 0 Å². The molecule has 0 bridgehead atoms. The van der Waals surface area contributed by atoms with Crippen molar-refractivity contribution >= 4 is 16.8 Å². The number of nitrogens with zero attached hydrogens (tertiary/aromatic N) is 3. The Bertz CT molecular complexity index is 1140. The second kappa shape index (κ2) is 7.40. The minimum Gasteiger partial charge on any atom is -0.494 e. The van der Waals surface area contributed by atoms with Gasteiger partial charge < -0.3 is 15.2 Å². The van der Waals surface area contributed by atoms with Crippen LogP contribution in [0.4, 0.5) is 0 Å². The maximum Gasteiger partial charge on any atom is 0.248 e. The zero-order chi connectivity index (χ0) is 19.5. The standard InChI is InChI=1S/C21H18N4O3/c1-2-27-17-11-16(25-9-3-8-23-25)12-18(13-17)28-20-7-5-14-10-15(21(22)26)4-6-19(14)24-20/h3-13H,2H2,1H3,(H2,22,26). The van der Waals surface area contributed by atoms with E-state index in [4.69, 9.17) is 15.2 Å². The highest BCUT2D eigenvalue weighted by Crippen LogP contribution is 2.29. The Labute approximate surface area is 161 Å². The lowest BCUT2D eigenvalue weighted by Gasteiger charge is -2.11. The molecule has 1 amide bonds. The Balaban J connectivity index is 1.67. The lowest BCUT2D eigenvalue weighted by Crippen LogP contribution is -2.10. The molecule has 4 rings (SSSR count). The van der Waals surface area contributed by atoms with Crippen LogP contribution in [0, 0.1) is 0 Å². The Morgan fingerprint density at radius 1 is 1.11 bits per heavy atom. The van der Waals surface area contributed by atoms with Crippen molar-refractivity contribution in [3.63, 3.8) is 0 Å². The number of hydrogen-bond donors (Lipinski definition) is 1. The first kappa shape index (κ1) is 17.5. The summed E-state index contributed by atoms with van der Waals surface area (Å²) in [6.07, 6.45) is 3.55. The summed E-state index contributed by atoms with van der Waals surface area (Å²) in [5.74, 6) is 1.22. The first-order valence-corrected chi connectivity index (χ1v) is 8.79. The number of carbonyl (C=O) groups is 1. The Kier molecular flexibility index (Phi) is 4.63. The van der Waals surface area contributed by atoms with Crippen LogP contribution in [0.5, 0.6) is 17.4 Å². The molecule has 140 valence electrons. The predicted octanol–water partition coefficient (Wildman–Crippen LogP) is 3.71. The van der Waals surface area contributed by atoms with E-state index in [2.05, 4.69) is 10.1 Å². The van der Waals surface area contributed by atoms with Crippen molar-refractivity contribution in [1.29, 1.82) is 0 Å². The monoisotopic (exact) mass is 374 g/mol. The van der Waals surface area contributed by atoms with Gasteiger partial charge in [-0.3, -0.25) is 4.79 Å². The fraction of sp³-hybridized carbons (Fsp3) is 0.0952. The van der Waals surface area contributed by atoms with E-state index in [1.54, 1.807) is 41.2 Å². The molecule has 2 N–H and O–H groups in total. The second-order valence-corrected chi connectivity index (χ2v) is 6.07. The Morgan fingerprint density at radius 3 is 2.71 bits per heavy atom. The molecule has 7 nitrogen and oxygen atoms in total. The van der Waals surface area contributed by atoms with E-state index >= 15 is 0 Å². The van der Waals surface area contributed by atoms with Crippen LogP contribution >= 0.6 is 0 Å². The third kappa shape index (κ3) is 3.64. The van der Waals surface area contributed by atoms with Crippen LogP contribution in [0.25, 0.3) is 16.6 Å². The topological polar surface area (TPSA) is 92.3 Å². The van der Waals surface area contributed by atoms with E-state index in [9.17, 15) is 4.79 Å². The molecular weight excluding hydrogens is 356 g/mol. The fourth-order valence-electron chi connectivity index (χ4n) is 2.86. The minimum absolute atomic E-state index is 0.430. The first-order valence-electron chi connectivity index (χ1n) is 8.79. The average Bonchev–Trinajstić information content (AvgIpc) is 3.22. The van der Waals surface area contributed by atoms with Gasteiger partial charge in [0.25, 0.3) is 0 Å². The van der Waals surface area contributed by atoms with Gasteiger partial charge in [0, 0.05) is 47.6 Å². The molecule has 4 aromatic rings. The summed E-state index contributed by atoms with van der Waals surface area (Å²) in [6.45, 7) is 2.46. The van der Waals surface area contributed by atoms with Crippen LogP contribution in [-0.4, -0.2) is 27.3 Å². The van der Waals surface area contributed by atoms with Gasteiger partial charge in [-0.15, -0.1) is 0 Å². The zero-order valence-corrected chi connectivity index (χ0v) is 15.2. The van der Waals surface area contributed by atoms with Crippen molar-refractivity contribution in [3.8, 4) is 23.1 Å². The summed E-state index contributed by atoms with van der Waals surface area (Å²) in [5.41, 5.74) is 7.29. The number of fused-ring (bicyclic) bond motifs is 1. The summed E-state index contributed by atoms with van der Waals surface area (Å²) in [7, 11) is 0. The van der Waals surface area contributed by atoms with Gasteiger partial charge in [0.05, 0.1) is 17.8 Å². The van der Waals surface area contributed by atoms with E-state index in [1.807, 2.05) is 37.4 Å². The molecule has 0 aliphatic rings. The van der Waals surface area contributed by atoms with Gasteiger partial charge in [-0.1, -0.05) is 0 Å². The van der Waals surface area contributed by atoms with Crippen molar-refractivity contribution in [2.75, 3.05) is 6.61 Å². The first-order chi connectivity index (χ1) is 13.6. The van der Waals surface area contributed by atoms with Crippen LogP contribution in [-0.2, 0) is 0 Å². The molecule has 0 spiro atoms. The molecule has 0 radical (unpaired) electrons. The molecule has 0 fully saturated rings. The molecule has 0 atom stereocenters. The van der Waals surface area contributed by atoms with Gasteiger partial charge in [0.1, 0.15) is 11.5 Å². The number of pyridine rings is 1. The lowest BCUT2D eigenvalue weighted by atomic mass is 10.1. The van der Waals surface area contributed by atoms with Crippen molar-refractivity contribution in [2.45, 2.75) is 6.92 Å². The fourth-order valence-corrected chi connectivity index (χ4v) is 2.86. The SMILES string of the molecule is CCOc1cc(Oc2ccc3cc(C(N)=O)ccc3n2)cc(-n2cccn2)c1. The number of hydrogen-bond acceptors (Lipinski definition) is 5. The van der Waals surface area contributed by atoms with E-state index in [-0.39, 0.29) is 0 Å². The molecule has 0 aliphatic carbocycles. The lowest BCUT2D eigenvalue weighted by molar-refractivity contribution is 0.100. The van der Waals surface area contributed by atoms with Crippen molar-refractivity contribution in [1.82, 2.24) is 14.8 Å². The largest absolute Gasteiger partial charge is 0.494 e. The molecule has 0 saturated carbocycles. The number of amides is 1. The quantitative estimate of drug-likeness (QED) is 0.555.